The summed E-state index contributed by atoms with van der Waals surface area (Å²) in [6, 6.07) is 16.8. The van der Waals surface area contributed by atoms with Gasteiger partial charge in [0.25, 0.3) is 0 Å². The zero-order valence-corrected chi connectivity index (χ0v) is 13.1. The van der Waals surface area contributed by atoms with Crippen molar-refractivity contribution in [3.8, 4) is 11.5 Å². The molecule has 3 heteroatoms. The predicted molar refractivity (Wildman–Crippen MR) is 86.2 cm³/mol. The molecule has 21 heavy (non-hydrogen) atoms. The first-order valence-electron chi connectivity index (χ1n) is 7.15. The van der Waals surface area contributed by atoms with Gasteiger partial charge in [0.15, 0.2) is 11.5 Å². The Morgan fingerprint density at radius 3 is 2.10 bits per heavy atom. The van der Waals surface area contributed by atoms with E-state index in [9.17, 15) is 0 Å². The average molecular weight is 285 g/mol. The zero-order chi connectivity index (χ0) is 15.2. The van der Waals surface area contributed by atoms with Gasteiger partial charge in [0.05, 0.1) is 14.2 Å². The molecule has 3 nitrogen and oxygen atoms in total. The van der Waals surface area contributed by atoms with E-state index >= 15 is 0 Å². The first-order chi connectivity index (χ1) is 10.2. The quantitative estimate of drug-likeness (QED) is 0.876. The lowest BCUT2D eigenvalue weighted by molar-refractivity contribution is 0.353. The van der Waals surface area contributed by atoms with Gasteiger partial charge in [-0.2, -0.15) is 0 Å². The average Bonchev–Trinajstić information content (AvgIpc) is 2.56. The molecule has 0 bridgehead atoms. The van der Waals surface area contributed by atoms with E-state index < -0.39 is 0 Å². The third kappa shape index (κ3) is 3.37. The summed E-state index contributed by atoms with van der Waals surface area (Å²) < 4.78 is 10.7. The van der Waals surface area contributed by atoms with Crippen molar-refractivity contribution in [2.75, 3.05) is 21.3 Å². The first-order valence-corrected chi connectivity index (χ1v) is 7.15. The van der Waals surface area contributed by atoms with Gasteiger partial charge in [-0.05, 0) is 30.3 Å². The molecule has 2 rings (SSSR count). The molecule has 112 valence electrons. The van der Waals surface area contributed by atoms with Crippen LogP contribution < -0.4 is 14.8 Å². The third-order valence-electron chi connectivity index (χ3n) is 3.90. The molecule has 2 atom stereocenters. The number of hydrogen-bond donors (Lipinski definition) is 1. The van der Waals surface area contributed by atoms with E-state index in [1.54, 1.807) is 14.2 Å². The second-order valence-corrected chi connectivity index (χ2v) is 5.08. The first kappa shape index (κ1) is 15.4. The zero-order valence-electron chi connectivity index (χ0n) is 13.1. The van der Waals surface area contributed by atoms with Crippen LogP contribution in [0.25, 0.3) is 0 Å². The summed E-state index contributed by atoms with van der Waals surface area (Å²) in [6.45, 7) is 2.23. The molecule has 0 saturated carbocycles. The summed E-state index contributed by atoms with van der Waals surface area (Å²) in [6.07, 6.45) is 0. The van der Waals surface area contributed by atoms with Crippen molar-refractivity contribution in [1.82, 2.24) is 5.32 Å². The molecular formula is C18H23NO2. The Hall–Kier alpha value is -2.00. The number of likely N-dealkylation sites (N-methyl/N-ethyl adjacent to an activating group) is 1. The van der Waals surface area contributed by atoms with Crippen LogP contribution in [0.2, 0.25) is 0 Å². The molecule has 0 radical (unpaired) electrons. The smallest absolute Gasteiger partial charge is 0.161 e. The minimum atomic E-state index is 0.215. The molecule has 0 heterocycles. The lowest BCUT2D eigenvalue weighted by Gasteiger charge is -2.25. The number of ether oxygens (including phenoxy) is 2. The largest absolute Gasteiger partial charge is 0.493 e. The van der Waals surface area contributed by atoms with Gasteiger partial charge in [0.1, 0.15) is 0 Å². The fourth-order valence-electron chi connectivity index (χ4n) is 2.70. The second-order valence-electron chi connectivity index (χ2n) is 5.08. The van der Waals surface area contributed by atoms with Gasteiger partial charge in [0, 0.05) is 12.0 Å². The summed E-state index contributed by atoms with van der Waals surface area (Å²) in [5, 5.41) is 3.41. The van der Waals surface area contributed by atoms with Gasteiger partial charge in [-0.25, -0.2) is 0 Å². The van der Waals surface area contributed by atoms with Crippen LogP contribution in [-0.4, -0.2) is 21.3 Å². The fraction of sp³-hybridized carbons (Fsp3) is 0.333. The third-order valence-corrected chi connectivity index (χ3v) is 3.90. The maximum atomic E-state index is 5.40. The summed E-state index contributed by atoms with van der Waals surface area (Å²) in [5.41, 5.74) is 2.50. The summed E-state index contributed by atoms with van der Waals surface area (Å²) in [4.78, 5) is 0. The highest BCUT2D eigenvalue weighted by Gasteiger charge is 2.20. The highest BCUT2D eigenvalue weighted by Crippen LogP contribution is 2.35. The van der Waals surface area contributed by atoms with Crippen molar-refractivity contribution in [2.45, 2.75) is 18.9 Å². The highest BCUT2D eigenvalue weighted by molar-refractivity contribution is 5.44. The van der Waals surface area contributed by atoms with Gasteiger partial charge >= 0.3 is 0 Å². The molecule has 0 aromatic heterocycles. The van der Waals surface area contributed by atoms with Crippen LogP contribution in [0.4, 0.5) is 0 Å². The number of nitrogens with one attached hydrogen (secondary N) is 1. The van der Waals surface area contributed by atoms with Gasteiger partial charge in [-0.15, -0.1) is 0 Å². The number of benzene rings is 2. The molecular weight excluding hydrogens is 262 g/mol. The van der Waals surface area contributed by atoms with Crippen LogP contribution in [0, 0.1) is 0 Å². The highest BCUT2D eigenvalue weighted by atomic mass is 16.5. The van der Waals surface area contributed by atoms with E-state index in [-0.39, 0.29) is 6.04 Å². The summed E-state index contributed by atoms with van der Waals surface area (Å²) in [5.74, 6) is 1.87. The molecule has 0 aliphatic heterocycles. The Morgan fingerprint density at radius 1 is 0.857 bits per heavy atom. The Labute approximate surface area is 126 Å². The van der Waals surface area contributed by atoms with E-state index in [4.69, 9.17) is 9.47 Å². The lowest BCUT2D eigenvalue weighted by atomic mass is 9.88. The minimum Gasteiger partial charge on any atom is -0.493 e. The fourth-order valence-corrected chi connectivity index (χ4v) is 2.70. The van der Waals surface area contributed by atoms with E-state index in [0.29, 0.717) is 5.92 Å². The predicted octanol–water partition coefficient (Wildman–Crippen LogP) is 3.77. The van der Waals surface area contributed by atoms with E-state index in [1.807, 2.05) is 25.2 Å². The lowest BCUT2D eigenvalue weighted by Crippen LogP contribution is -2.22. The van der Waals surface area contributed by atoms with E-state index in [2.05, 4.69) is 42.6 Å². The van der Waals surface area contributed by atoms with Crippen LogP contribution in [0.15, 0.2) is 48.5 Å². The Bertz CT molecular complexity index is 569. The van der Waals surface area contributed by atoms with Gasteiger partial charge in [0.2, 0.25) is 0 Å². The van der Waals surface area contributed by atoms with Gasteiger partial charge < -0.3 is 14.8 Å². The standard InChI is InChI=1S/C18H23NO2/c1-13(14-8-6-5-7-9-14)18(19-2)15-10-11-16(20-3)17(12-15)21-4/h5-13,18-19H,1-4H3. The molecule has 0 aliphatic carbocycles. The van der Waals surface area contributed by atoms with Crippen LogP contribution in [0.5, 0.6) is 11.5 Å². The van der Waals surface area contributed by atoms with Crippen molar-refractivity contribution in [3.63, 3.8) is 0 Å². The summed E-state index contributed by atoms with van der Waals surface area (Å²) in [7, 11) is 5.30. The topological polar surface area (TPSA) is 30.5 Å². The minimum absolute atomic E-state index is 0.215. The van der Waals surface area contributed by atoms with Crippen molar-refractivity contribution in [1.29, 1.82) is 0 Å². The molecule has 0 saturated heterocycles. The molecule has 0 spiro atoms. The van der Waals surface area contributed by atoms with Crippen molar-refractivity contribution in [2.24, 2.45) is 0 Å². The van der Waals surface area contributed by atoms with Crippen molar-refractivity contribution >= 4 is 0 Å². The number of methoxy groups -OCH3 is 2. The van der Waals surface area contributed by atoms with Crippen LogP contribution in [0.1, 0.15) is 30.0 Å². The molecule has 1 N–H and O–H groups in total. The SMILES string of the molecule is CNC(c1ccc(OC)c(OC)c1)C(C)c1ccccc1. The summed E-state index contributed by atoms with van der Waals surface area (Å²) >= 11 is 0. The monoisotopic (exact) mass is 285 g/mol. The number of hydrogen-bond acceptors (Lipinski definition) is 3. The Balaban J connectivity index is 2.33. The number of rotatable bonds is 6. The Kier molecular flexibility index (Phi) is 5.23. The molecule has 2 aromatic carbocycles. The van der Waals surface area contributed by atoms with Gasteiger partial charge in [-0.1, -0.05) is 43.3 Å². The van der Waals surface area contributed by atoms with E-state index in [1.165, 1.54) is 11.1 Å². The maximum Gasteiger partial charge on any atom is 0.161 e. The Morgan fingerprint density at radius 2 is 1.52 bits per heavy atom. The van der Waals surface area contributed by atoms with Crippen molar-refractivity contribution in [3.05, 3.63) is 59.7 Å². The van der Waals surface area contributed by atoms with Crippen LogP contribution in [-0.2, 0) is 0 Å². The normalized spacial score (nSPS) is 13.5. The van der Waals surface area contributed by atoms with Gasteiger partial charge in [-0.3, -0.25) is 0 Å². The molecule has 2 aromatic rings. The van der Waals surface area contributed by atoms with Crippen LogP contribution >= 0.6 is 0 Å². The van der Waals surface area contributed by atoms with Crippen LogP contribution in [0.3, 0.4) is 0 Å². The van der Waals surface area contributed by atoms with E-state index in [0.717, 1.165) is 11.5 Å². The second kappa shape index (κ2) is 7.14. The molecule has 0 aliphatic rings. The molecule has 2 unspecified atom stereocenters. The molecule has 0 fully saturated rings. The molecule has 0 amide bonds. The maximum absolute atomic E-state index is 5.40. The van der Waals surface area contributed by atoms with Crippen molar-refractivity contribution < 1.29 is 9.47 Å².